The molecule has 1 nitrogen and oxygen atoms in total. The fraction of sp³-hybridized carbons (Fsp3) is 0.684. The van der Waals surface area contributed by atoms with Gasteiger partial charge in [0.2, 0.25) is 0 Å². The Balaban J connectivity index is 1.98. The van der Waals surface area contributed by atoms with Gasteiger partial charge in [0.1, 0.15) is 5.82 Å². The molecule has 0 aromatic heterocycles. The lowest BCUT2D eigenvalue weighted by atomic mass is 9.77. The summed E-state index contributed by atoms with van der Waals surface area (Å²) in [7, 11) is 0. The molecule has 1 aliphatic carbocycles. The van der Waals surface area contributed by atoms with Crippen LogP contribution in [0.4, 0.5) is 4.39 Å². The predicted molar refractivity (Wildman–Crippen MR) is 87.9 cm³/mol. The molecule has 0 amide bonds. The molecule has 1 unspecified atom stereocenters. The number of hydrogen-bond donors (Lipinski definition) is 1. The largest absolute Gasteiger partial charge is 0.316 e. The van der Waals surface area contributed by atoms with E-state index in [9.17, 15) is 4.39 Å². The normalized spacial score (nSPS) is 18.1. The highest BCUT2D eigenvalue weighted by Gasteiger charge is 2.24. The second kappa shape index (κ2) is 8.53. The van der Waals surface area contributed by atoms with Gasteiger partial charge in [0.15, 0.2) is 0 Å². The number of hydrogen-bond acceptors (Lipinski definition) is 1. The van der Waals surface area contributed by atoms with Gasteiger partial charge in [-0.3, -0.25) is 0 Å². The SMILES string of the molecule is CC(C)CNCC(Cc1ccccc1F)C1CCCCC1. The molecule has 0 aliphatic heterocycles. The molecule has 118 valence electrons. The predicted octanol–water partition coefficient (Wildman–Crippen LogP) is 4.81. The van der Waals surface area contributed by atoms with Crippen molar-refractivity contribution in [1.82, 2.24) is 5.32 Å². The number of rotatable bonds is 7. The van der Waals surface area contributed by atoms with Crippen LogP contribution in [0, 0.1) is 23.6 Å². The topological polar surface area (TPSA) is 12.0 Å². The molecule has 2 heteroatoms. The maximum absolute atomic E-state index is 13.9. The van der Waals surface area contributed by atoms with Crippen LogP contribution in [0.25, 0.3) is 0 Å². The molecule has 1 aromatic rings. The van der Waals surface area contributed by atoms with Gasteiger partial charge in [-0.05, 0) is 48.9 Å². The Labute approximate surface area is 129 Å². The Morgan fingerprint density at radius 1 is 1.10 bits per heavy atom. The van der Waals surface area contributed by atoms with Crippen LogP contribution in [0.1, 0.15) is 51.5 Å². The van der Waals surface area contributed by atoms with Gasteiger partial charge in [-0.25, -0.2) is 4.39 Å². The lowest BCUT2D eigenvalue weighted by Crippen LogP contribution is -2.33. The van der Waals surface area contributed by atoms with E-state index < -0.39 is 0 Å². The molecule has 1 fully saturated rings. The summed E-state index contributed by atoms with van der Waals surface area (Å²) < 4.78 is 13.9. The third-order valence-corrected chi connectivity index (χ3v) is 4.72. The Hall–Kier alpha value is -0.890. The summed E-state index contributed by atoms with van der Waals surface area (Å²) >= 11 is 0. The highest BCUT2D eigenvalue weighted by molar-refractivity contribution is 5.18. The second-order valence-electron chi connectivity index (χ2n) is 7.01. The molecule has 0 bridgehead atoms. The first-order valence-electron chi connectivity index (χ1n) is 8.61. The lowest BCUT2D eigenvalue weighted by Gasteiger charge is -2.31. The molecule has 0 heterocycles. The lowest BCUT2D eigenvalue weighted by molar-refractivity contribution is 0.236. The van der Waals surface area contributed by atoms with Gasteiger partial charge in [-0.15, -0.1) is 0 Å². The summed E-state index contributed by atoms with van der Waals surface area (Å²) in [5.41, 5.74) is 0.888. The Morgan fingerprint density at radius 2 is 1.81 bits per heavy atom. The van der Waals surface area contributed by atoms with Crippen molar-refractivity contribution < 1.29 is 4.39 Å². The fourth-order valence-electron chi connectivity index (χ4n) is 3.51. The van der Waals surface area contributed by atoms with Crippen LogP contribution in [-0.4, -0.2) is 13.1 Å². The van der Waals surface area contributed by atoms with Crippen molar-refractivity contribution in [3.63, 3.8) is 0 Å². The van der Waals surface area contributed by atoms with Crippen molar-refractivity contribution in [1.29, 1.82) is 0 Å². The number of halogens is 1. The van der Waals surface area contributed by atoms with Crippen molar-refractivity contribution in [2.24, 2.45) is 17.8 Å². The second-order valence-corrected chi connectivity index (χ2v) is 7.01. The average molecular weight is 291 g/mol. The summed E-state index contributed by atoms with van der Waals surface area (Å²) in [4.78, 5) is 0. The average Bonchev–Trinajstić information content (AvgIpc) is 2.49. The molecule has 1 atom stereocenters. The standard InChI is InChI=1S/C19H30FN/c1-15(2)13-21-14-18(16-8-4-3-5-9-16)12-17-10-6-7-11-19(17)20/h6-7,10-11,15-16,18,21H,3-5,8-9,12-14H2,1-2H3. The summed E-state index contributed by atoms with van der Waals surface area (Å²) in [5, 5.41) is 3.60. The van der Waals surface area contributed by atoms with Gasteiger partial charge < -0.3 is 5.32 Å². The van der Waals surface area contributed by atoms with Gasteiger partial charge >= 0.3 is 0 Å². The van der Waals surface area contributed by atoms with E-state index in [-0.39, 0.29) is 5.82 Å². The first kappa shape index (κ1) is 16.5. The monoisotopic (exact) mass is 291 g/mol. The van der Waals surface area contributed by atoms with E-state index in [0.717, 1.165) is 31.0 Å². The van der Waals surface area contributed by atoms with E-state index in [2.05, 4.69) is 19.2 Å². The van der Waals surface area contributed by atoms with Crippen LogP contribution in [0.2, 0.25) is 0 Å². The highest BCUT2D eigenvalue weighted by Crippen LogP contribution is 2.32. The Morgan fingerprint density at radius 3 is 2.48 bits per heavy atom. The third-order valence-electron chi connectivity index (χ3n) is 4.72. The Kier molecular flexibility index (Phi) is 6.69. The van der Waals surface area contributed by atoms with Gasteiger partial charge in [0.25, 0.3) is 0 Å². The van der Waals surface area contributed by atoms with E-state index >= 15 is 0 Å². The fourth-order valence-corrected chi connectivity index (χ4v) is 3.51. The molecule has 1 aliphatic rings. The van der Waals surface area contributed by atoms with Crippen molar-refractivity contribution in [2.45, 2.75) is 52.4 Å². The summed E-state index contributed by atoms with van der Waals surface area (Å²) in [5.74, 6) is 1.96. The summed E-state index contributed by atoms with van der Waals surface area (Å²) in [6, 6.07) is 7.28. The van der Waals surface area contributed by atoms with Gasteiger partial charge in [0, 0.05) is 0 Å². The smallest absolute Gasteiger partial charge is 0.126 e. The van der Waals surface area contributed by atoms with Crippen LogP contribution in [-0.2, 0) is 6.42 Å². The zero-order chi connectivity index (χ0) is 15.1. The van der Waals surface area contributed by atoms with Crippen LogP contribution in [0.3, 0.4) is 0 Å². The molecule has 0 saturated heterocycles. The van der Waals surface area contributed by atoms with Crippen LogP contribution in [0.15, 0.2) is 24.3 Å². The van der Waals surface area contributed by atoms with Gasteiger partial charge in [-0.1, -0.05) is 64.2 Å². The minimum atomic E-state index is -0.0397. The molecular weight excluding hydrogens is 261 g/mol. The van der Waals surface area contributed by atoms with E-state index in [1.807, 2.05) is 12.1 Å². The van der Waals surface area contributed by atoms with Crippen molar-refractivity contribution >= 4 is 0 Å². The molecule has 1 aromatic carbocycles. The number of benzene rings is 1. The zero-order valence-corrected chi connectivity index (χ0v) is 13.6. The van der Waals surface area contributed by atoms with E-state index in [4.69, 9.17) is 0 Å². The third kappa shape index (κ3) is 5.43. The van der Waals surface area contributed by atoms with E-state index in [0.29, 0.717) is 11.8 Å². The van der Waals surface area contributed by atoms with Crippen LogP contribution in [0.5, 0.6) is 0 Å². The molecule has 1 saturated carbocycles. The Bertz CT molecular complexity index is 410. The van der Waals surface area contributed by atoms with Crippen LogP contribution >= 0.6 is 0 Å². The zero-order valence-electron chi connectivity index (χ0n) is 13.6. The van der Waals surface area contributed by atoms with E-state index in [1.165, 1.54) is 32.1 Å². The minimum Gasteiger partial charge on any atom is -0.316 e. The molecule has 0 spiro atoms. The van der Waals surface area contributed by atoms with Crippen LogP contribution < -0.4 is 5.32 Å². The quantitative estimate of drug-likeness (QED) is 0.760. The van der Waals surface area contributed by atoms with Gasteiger partial charge in [-0.2, -0.15) is 0 Å². The van der Waals surface area contributed by atoms with E-state index in [1.54, 1.807) is 12.1 Å². The maximum Gasteiger partial charge on any atom is 0.126 e. The van der Waals surface area contributed by atoms with Crippen molar-refractivity contribution in [3.8, 4) is 0 Å². The molecule has 1 N–H and O–H groups in total. The summed E-state index contributed by atoms with van der Waals surface area (Å²) in [6.45, 7) is 6.55. The molecule has 0 radical (unpaired) electrons. The minimum absolute atomic E-state index is 0.0397. The number of nitrogens with one attached hydrogen (secondary N) is 1. The maximum atomic E-state index is 13.9. The summed E-state index contributed by atoms with van der Waals surface area (Å²) in [6.07, 6.45) is 7.60. The highest BCUT2D eigenvalue weighted by atomic mass is 19.1. The first-order chi connectivity index (χ1) is 10.2. The van der Waals surface area contributed by atoms with Gasteiger partial charge in [0.05, 0.1) is 0 Å². The van der Waals surface area contributed by atoms with Crippen molar-refractivity contribution in [2.75, 3.05) is 13.1 Å². The van der Waals surface area contributed by atoms with Crippen molar-refractivity contribution in [3.05, 3.63) is 35.6 Å². The molecule has 2 rings (SSSR count). The molecule has 21 heavy (non-hydrogen) atoms. The first-order valence-corrected chi connectivity index (χ1v) is 8.61. The molecular formula is C19H30FN.